The summed E-state index contributed by atoms with van der Waals surface area (Å²) in [5, 5.41) is 0.736. The van der Waals surface area contributed by atoms with E-state index in [1.807, 2.05) is 36.2 Å². The molecule has 0 bridgehead atoms. The molecule has 3 heteroatoms. The second-order valence-electron chi connectivity index (χ2n) is 5.16. The summed E-state index contributed by atoms with van der Waals surface area (Å²) in [6.45, 7) is 0.673. The third kappa shape index (κ3) is 3.49. The molecule has 1 aromatic carbocycles. The maximum absolute atomic E-state index is 12.3. The van der Waals surface area contributed by atoms with Crippen molar-refractivity contribution in [2.24, 2.45) is 5.92 Å². The highest BCUT2D eigenvalue weighted by molar-refractivity contribution is 6.30. The van der Waals surface area contributed by atoms with E-state index in [4.69, 9.17) is 11.6 Å². The van der Waals surface area contributed by atoms with Crippen LogP contribution in [0.5, 0.6) is 0 Å². The number of rotatable bonds is 3. The number of nitrogens with zero attached hydrogens (tertiary/aromatic N) is 1. The quantitative estimate of drug-likeness (QED) is 0.812. The number of halogens is 1. The van der Waals surface area contributed by atoms with E-state index in [9.17, 15) is 4.79 Å². The summed E-state index contributed by atoms with van der Waals surface area (Å²) in [6, 6.07) is 7.70. The Morgan fingerprint density at radius 3 is 2.44 bits per heavy atom. The minimum Gasteiger partial charge on any atom is -0.341 e. The number of hydrogen-bond donors (Lipinski definition) is 0. The average molecular weight is 266 g/mol. The van der Waals surface area contributed by atoms with E-state index < -0.39 is 0 Å². The Labute approximate surface area is 114 Å². The standard InChI is InChI=1S/C15H20ClNO/c1-17(11-12-7-9-14(16)10-8-12)15(18)13-5-3-2-4-6-13/h7-10,13H,2-6,11H2,1H3. The zero-order valence-corrected chi connectivity index (χ0v) is 11.6. The van der Waals surface area contributed by atoms with Gasteiger partial charge in [-0.05, 0) is 30.5 Å². The van der Waals surface area contributed by atoms with Gasteiger partial charge in [-0.2, -0.15) is 0 Å². The molecular weight excluding hydrogens is 246 g/mol. The molecule has 0 spiro atoms. The molecule has 2 rings (SSSR count). The summed E-state index contributed by atoms with van der Waals surface area (Å²) in [6.07, 6.45) is 5.80. The fraction of sp³-hybridized carbons (Fsp3) is 0.533. The summed E-state index contributed by atoms with van der Waals surface area (Å²) in [4.78, 5) is 14.1. The van der Waals surface area contributed by atoms with E-state index in [-0.39, 0.29) is 5.92 Å². The molecule has 2 nitrogen and oxygen atoms in total. The zero-order valence-electron chi connectivity index (χ0n) is 10.9. The Bertz CT molecular complexity index is 395. The molecule has 1 aromatic rings. The van der Waals surface area contributed by atoms with Gasteiger partial charge in [0, 0.05) is 24.5 Å². The molecule has 0 N–H and O–H groups in total. The minimum atomic E-state index is 0.246. The maximum Gasteiger partial charge on any atom is 0.225 e. The molecule has 0 aromatic heterocycles. The molecule has 1 aliphatic carbocycles. The van der Waals surface area contributed by atoms with E-state index in [0.29, 0.717) is 12.5 Å². The van der Waals surface area contributed by atoms with Gasteiger partial charge in [0.15, 0.2) is 0 Å². The molecular formula is C15H20ClNO. The van der Waals surface area contributed by atoms with E-state index in [0.717, 1.165) is 23.4 Å². The molecule has 1 aliphatic rings. The van der Waals surface area contributed by atoms with Crippen molar-refractivity contribution in [3.8, 4) is 0 Å². The summed E-state index contributed by atoms with van der Waals surface area (Å²) in [7, 11) is 1.89. The highest BCUT2D eigenvalue weighted by atomic mass is 35.5. The van der Waals surface area contributed by atoms with Gasteiger partial charge in [-0.3, -0.25) is 4.79 Å². The van der Waals surface area contributed by atoms with Crippen molar-refractivity contribution in [3.05, 3.63) is 34.9 Å². The van der Waals surface area contributed by atoms with Crippen LogP contribution in [-0.2, 0) is 11.3 Å². The van der Waals surface area contributed by atoms with Crippen molar-refractivity contribution in [1.29, 1.82) is 0 Å². The minimum absolute atomic E-state index is 0.246. The molecule has 1 amide bonds. The van der Waals surface area contributed by atoms with E-state index in [2.05, 4.69) is 0 Å². The highest BCUT2D eigenvalue weighted by Crippen LogP contribution is 2.25. The zero-order chi connectivity index (χ0) is 13.0. The van der Waals surface area contributed by atoms with E-state index in [1.165, 1.54) is 19.3 Å². The average Bonchev–Trinajstić information content (AvgIpc) is 2.41. The van der Waals surface area contributed by atoms with Gasteiger partial charge < -0.3 is 4.90 Å². The normalized spacial score (nSPS) is 16.6. The van der Waals surface area contributed by atoms with Gasteiger partial charge in [0.1, 0.15) is 0 Å². The molecule has 0 saturated heterocycles. The summed E-state index contributed by atoms with van der Waals surface area (Å²) >= 11 is 5.85. The predicted molar refractivity (Wildman–Crippen MR) is 74.5 cm³/mol. The van der Waals surface area contributed by atoms with Crippen molar-refractivity contribution < 1.29 is 4.79 Å². The second-order valence-corrected chi connectivity index (χ2v) is 5.59. The van der Waals surface area contributed by atoms with Crippen LogP contribution in [0, 0.1) is 5.92 Å². The van der Waals surface area contributed by atoms with Crippen LogP contribution in [0.3, 0.4) is 0 Å². The summed E-state index contributed by atoms with van der Waals surface area (Å²) in [5.74, 6) is 0.542. The van der Waals surface area contributed by atoms with Crippen LogP contribution in [0.4, 0.5) is 0 Å². The second kappa shape index (κ2) is 6.24. The lowest BCUT2D eigenvalue weighted by atomic mass is 9.88. The van der Waals surface area contributed by atoms with Crippen LogP contribution in [0.25, 0.3) is 0 Å². The van der Waals surface area contributed by atoms with Crippen molar-refractivity contribution in [3.63, 3.8) is 0 Å². The first kappa shape index (κ1) is 13.4. The van der Waals surface area contributed by atoms with Crippen molar-refractivity contribution in [2.45, 2.75) is 38.6 Å². The van der Waals surface area contributed by atoms with Crippen LogP contribution in [0.2, 0.25) is 5.02 Å². The largest absolute Gasteiger partial charge is 0.341 e. The van der Waals surface area contributed by atoms with Gasteiger partial charge in [0.2, 0.25) is 5.91 Å². The fourth-order valence-corrected chi connectivity index (χ4v) is 2.73. The van der Waals surface area contributed by atoms with Crippen molar-refractivity contribution >= 4 is 17.5 Å². The lowest BCUT2D eigenvalue weighted by Gasteiger charge is -2.26. The molecule has 18 heavy (non-hydrogen) atoms. The smallest absolute Gasteiger partial charge is 0.225 e. The first-order valence-corrected chi connectivity index (χ1v) is 7.04. The number of amides is 1. The molecule has 1 saturated carbocycles. The Hall–Kier alpha value is -1.02. The Morgan fingerprint density at radius 2 is 1.83 bits per heavy atom. The van der Waals surface area contributed by atoms with E-state index in [1.54, 1.807) is 0 Å². The summed E-state index contributed by atoms with van der Waals surface area (Å²) in [5.41, 5.74) is 1.13. The molecule has 0 heterocycles. The van der Waals surface area contributed by atoms with Crippen LogP contribution in [0.15, 0.2) is 24.3 Å². The Morgan fingerprint density at radius 1 is 1.22 bits per heavy atom. The van der Waals surface area contributed by atoms with E-state index >= 15 is 0 Å². The van der Waals surface area contributed by atoms with Crippen LogP contribution >= 0.6 is 11.6 Å². The number of carbonyl (C=O) groups is 1. The molecule has 0 radical (unpaired) electrons. The fourth-order valence-electron chi connectivity index (χ4n) is 2.60. The van der Waals surface area contributed by atoms with Crippen LogP contribution in [0.1, 0.15) is 37.7 Å². The van der Waals surface area contributed by atoms with Gasteiger partial charge in [-0.15, -0.1) is 0 Å². The van der Waals surface area contributed by atoms with Gasteiger partial charge in [-0.25, -0.2) is 0 Å². The Balaban J connectivity index is 1.92. The van der Waals surface area contributed by atoms with Crippen LogP contribution in [-0.4, -0.2) is 17.9 Å². The SMILES string of the molecule is CN(Cc1ccc(Cl)cc1)C(=O)C1CCCCC1. The molecule has 98 valence electrons. The topological polar surface area (TPSA) is 20.3 Å². The van der Waals surface area contributed by atoms with Crippen LogP contribution < -0.4 is 0 Å². The molecule has 0 atom stereocenters. The summed E-state index contributed by atoms with van der Waals surface area (Å²) < 4.78 is 0. The van der Waals surface area contributed by atoms with Crippen molar-refractivity contribution in [1.82, 2.24) is 4.90 Å². The number of benzene rings is 1. The third-order valence-electron chi connectivity index (χ3n) is 3.66. The van der Waals surface area contributed by atoms with Crippen molar-refractivity contribution in [2.75, 3.05) is 7.05 Å². The monoisotopic (exact) mass is 265 g/mol. The van der Waals surface area contributed by atoms with Gasteiger partial charge >= 0.3 is 0 Å². The predicted octanol–water partition coefficient (Wildman–Crippen LogP) is 3.88. The lowest BCUT2D eigenvalue weighted by molar-refractivity contribution is -0.135. The maximum atomic E-state index is 12.3. The molecule has 0 aliphatic heterocycles. The first-order chi connectivity index (χ1) is 8.66. The molecule has 0 unspecified atom stereocenters. The highest BCUT2D eigenvalue weighted by Gasteiger charge is 2.23. The third-order valence-corrected chi connectivity index (χ3v) is 3.92. The van der Waals surface area contributed by atoms with Gasteiger partial charge in [0.25, 0.3) is 0 Å². The first-order valence-electron chi connectivity index (χ1n) is 6.66. The van der Waals surface area contributed by atoms with Gasteiger partial charge in [-0.1, -0.05) is 43.0 Å². The Kier molecular flexibility index (Phi) is 4.65. The molecule has 1 fully saturated rings. The lowest BCUT2D eigenvalue weighted by Crippen LogP contribution is -2.33. The van der Waals surface area contributed by atoms with Gasteiger partial charge in [0.05, 0.1) is 0 Å². The number of hydrogen-bond acceptors (Lipinski definition) is 1. The number of carbonyl (C=O) groups excluding carboxylic acids is 1.